The zero-order chi connectivity index (χ0) is 22.7. The summed E-state index contributed by atoms with van der Waals surface area (Å²) >= 11 is 0. The molecule has 2 aliphatic heterocycles. The fraction of sp³-hybridized carbons (Fsp3) is 0.320. The highest BCUT2D eigenvalue weighted by Gasteiger charge is 2.62. The zero-order valence-corrected chi connectivity index (χ0v) is 18.1. The van der Waals surface area contributed by atoms with Crippen LogP contribution in [0.1, 0.15) is 25.3 Å². The molecule has 166 valence electrons. The van der Waals surface area contributed by atoms with E-state index in [0.29, 0.717) is 30.0 Å². The molecule has 2 aromatic rings. The molecule has 4 rings (SSSR count). The first-order chi connectivity index (χ1) is 15.5. The molecule has 7 nitrogen and oxygen atoms in total. The van der Waals surface area contributed by atoms with Gasteiger partial charge in [0, 0.05) is 19.2 Å². The van der Waals surface area contributed by atoms with Crippen molar-refractivity contribution in [1.29, 1.82) is 0 Å². The molecule has 2 aliphatic rings. The number of anilines is 1. The van der Waals surface area contributed by atoms with E-state index < -0.39 is 17.7 Å². The maximum atomic E-state index is 13.6. The highest BCUT2D eigenvalue weighted by molar-refractivity contribution is 6.12. The molecule has 7 heteroatoms. The highest BCUT2D eigenvalue weighted by Crippen LogP contribution is 2.44. The molecule has 0 spiro atoms. The second-order valence-electron chi connectivity index (χ2n) is 7.94. The van der Waals surface area contributed by atoms with Crippen molar-refractivity contribution in [2.45, 2.75) is 37.5 Å². The number of benzene rings is 2. The third-order valence-corrected chi connectivity index (χ3v) is 5.92. The van der Waals surface area contributed by atoms with Crippen LogP contribution < -0.4 is 15.0 Å². The number of methoxy groups -OCH3 is 1. The fourth-order valence-electron chi connectivity index (χ4n) is 4.39. The van der Waals surface area contributed by atoms with Gasteiger partial charge >= 0.3 is 0 Å². The Morgan fingerprint density at radius 3 is 2.47 bits per heavy atom. The molecule has 1 N–H and O–H groups in total. The molecular formula is C25H26N2O5. The number of nitrogens with zero attached hydrogens (tertiary/aromatic N) is 1. The summed E-state index contributed by atoms with van der Waals surface area (Å²) in [5.74, 6) is -0.0800. The Morgan fingerprint density at radius 1 is 1.16 bits per heavy atom. The molecular weight excluding hydrogens is 408 g/mol. The maximum absolute atomic E-state index is 13.6. The Hall–Kier alpha value is -3.45. The summed E-state index contributed by atoms with van der Waals surface area (Å²) in [6.45, 7) is 1.95. The first-order valence-electron chi connectivity index (χ1n) is 10.6. The lowest BCUT2D eigenvalue weighted by Gasteiger charge is -2.55. The van der Waals surface area contributed by atoms with Gasteiger partial charge in [0.25, 0.3) is 5.91 Å². The van der Waals surface area contributed by atoms with Gasteiger partial charge in [-0.05, 0) is 48.7 Å². The van der Waals surface area contributed by atoms with E-state index in [2.05, 4.69) is 5.32 Å². The maximum Gasteiger partial charge on any atom is 0.260 e. The van der Waals surface area contributed by atoms with Crippen molar-refractivity contribution in [1.82, 2.24) is 5.32 Å². The van der Waals surface area contributed by atoms with Gasteiger partial charge in [-0.2, -0.15) is 0 Å². The van der Waals surface area contributed by atoms with Crippen LogP contribution in [-0.2, 0) is 24.7 Å². The summed E-state index contributed by atoms with van der Waals surface area (Å²) in [4.78, 5) is 40.0. The standard InChI is InChI=1S/C25H26N2O5/c1-17(28)26-25(18-7-4-3-5-8-18)23(15-14-21(29)22-9-6-16-32-22)27(24(25)30)19-10-12-20(31-2)13-11-19/h3-5,7-8,10-15,22-23H,6,9,16H2,1-2H3,(H,26,28)/t22-,23+,25-/m0/s1. The molecule has 0 aromatic heterocycles. The predicted molar refractivity (Wildman–Crippen MR) is 119 cm³/mol. The second kappa shape index (κ2) is 8.96. The van der Waals surface area contributed by atoms with Crippen LogP contribution in [0, 0.1) is 0 Å². The molecule has 0 bridgehead atoms. The third-order valence-electron chi connectivity index (χ3n) is 5.92. The van der Waals surface area contributed by atoms with Gasteiger partial charge in [0.2, 0.25) is 5.91 Å². The summed E-state index contributed by atoms with van der Waals surface area (Å²) in [6.07, 6.45) is 4.25. The van der Waals surface area contributed by atoms with Gasteiger partial charge in [0.1, 0.15) is 11.9 Å². The van der Waals surface area contributed by atoms with Crippen LogP contribution in [0.25, 0.3) is 0 Å². The van der Waals surface area contributed by atoms with Crippen molar-refractivity contribution in [2.24, 2.45) is 0 Å². The third kappa shape index (κ3) is 3.80. The van der Waals surface area contributed by atoms with Crippen LogP contribution in [0.5, 0.6) is 5.75 Å². The quantitative estimate of drug-likeness (QED) is 0.535. The number of carbonyl (C=O) groups is 3. The van der Waals surface area contributed by atoms with Gasteiger partial charge in [-0.25, -0.2) is 0 Å². The fourth-order valence-corrected chi connectivity index (χ4v) is 4.39. The van der Waals surface area contributed by atoms with Crippen molar-refractivity contribution < 1.29 is 23.9 Å². The molecule has 32 heavy (non-hydrogen) atoms. The Balaban J connectivity index is 1.75. The summed E-state index contributed by atoms with van der Waals surface area (Å²) in [5.41, 5.74) is -0.00328. The average Bonchev–Trinajstić information content (AvgIpc) is 3.35. The van der Waals surface area contributed by atoms with Crippen molar-refractivity contribution in [2.75, 3.05) is 18.6 Å². The lowest BCUT2D eigenvalue weighted by Crippen LogP contribution is -2.77. The van der Waals surface area contributed by atoms with Crippen molar-refractivity contribution in [3.63, 3.8) is 0 Å². The minimum Gasteiger partial charge on any atom is -0.497 e. The smallest absolute Gasteiger partial charge is 0.260 e. The SMILES string of the molecule is COc1ccc(N2C(=O)[C@](NC(C)=O)(c3ccccc3)[C@H]2C=CC(=O)[C@@H]2CCCO2)cc1. The molecule has 0 unspecified atom stereocenters. The Bertz CT molecular complexity index is 1030. The molecule has 2 saturated heterocycles. The number of β-lactam (4-membered cyclic amide) rings is 1. The molecule has 0 radical (unpaired) electrons. The Labute approximate surface area is 187 Å². The Morgan fingerprint density at radius 2 is 1.88 bits per heavy atom. The topological polar surface area (TPSA) is 84.9 Å². The van der Waals surface area contributed by atoms with Crippen molar-refractivity contribution in [3.8, 4) is 5.75 Å². The average molecular weight is 434 g/mol. The van der Waals surface area contributed by atoms with Crippen LogP contribution in [0.3, 0.4) is 0 Å². The number of rotatable bonds is 7. The van der Waals surface area contributed by atoms with E-state index in [4.69, 9.17) is 9.47 Å². The second-order valence-corrected chi connectivity index (χ2v) is 7.94. The van der Waals surface area contributed by atoms with E-state index in [1.807, 2.05) is 30.3 Å². The van der Waals surface area contributed by atoms with Gasteiger partial charge in [-0.1, -0.05) is 36.4 Å². The molecule has 3 atom stereocenters. The van der Waals surface area contributed by atoms with Crippen molar-refractivity contribution in [3.05, 3.63) is 72.3 Å². The van der Waals surface area contributed by atoms with Gasteiger partial charge in [0.15, 0.2) is 11.3 Å². The first-order valence-corrected chi connectivity index (χ1v) is 10.6. The molecule has 2 amide bonds. The number of hydrogen-bond acceptors (Lipinski definition) is 5. The van der Waals surface area contributed by atoms with E-state index in [1.165, 1.54) is 13.0 Å². The zero-order valence-electron chi connectivity index (χ0n) is 18.1. The molecule has 0 aliphatic carbocycles. The van der Waals surface area contributed by atoms with Crippen LogP contribution in [0.15, 0.2) is 66.7 Å². The lowest BCUT2D eigenvalue weighted by atomic mass is 9.72. The lowest BCUT2D eigenvalue weighted by molar-refractivity contribution is -0.138. The van der Waals surface area contributed by atoms with Gasteiger partial charge in [-0.15, -0.1) is 0 Å². The highest BCUT2D eigenvalue weighted by atomic mass is 16.5. The van der Waals surface area contributed by atoms with Crippen LogP contribution >= 0.6 is 0 Å². The minimum atomic E-state index is -1.31. The molecule has 2 aromatic carbocycles. The number of ether oxygens (including phenoxy) is 2. The van der Waals surface area contributed by atoms with E-state index in [-0.39, 0.29) is 17.6 Å². The number of carbonyl (C=O) groups excluding carboxylic acids is 3. The van der Waals surface area contributed by atoms with E-state index >= 15 is 0 Å². The predicted octanol–water partition coefficient (Wildman–Crippen LogP) is 2.75. The van der Waals surface area contributed by atoms with Crippen molar-refractivity contribution >= 4 is 23.3 Å². The molecule has 2 heterocycles. The van der Waals surface area contributed by atoms with Crippen LogP contribution in [0.4, 0.5) is 5.69 Å². The number of amides is 2. The first kappa shape index (κ1) is 21.8. The summed E-state index contributed by atoms with van der Waals surface area (Å²) in [6, 6.07) is 15.6. The van der Waals surface area contributed by atoms with Gasteiger partial charge in [-0.3, -0.25) is 19.3 Å². The minimum absolute atomic E-state index is 0.138. The van der Waals surface area contributed by atoms with E-state index in [0.717, 1.165) is 6.42 Å². The number of nitrogens with one attached hydrogen (secondary N) is 1. The Kier molecular flexibility index (Phi) is 6.10. The number of hydrogen-bond donors (Lipinski definition) is 1. The monoisotopic (exact) mass is 434 g/mol. The normalized spacial score (nSPS) is 24.9. The largest absolute Gasteiger partial charge is 0.497 e. The van der Waals surface area contributed by atoms with Gasteiger partial charge < -0.3 is 14.8 Å². The van der Waals surface area contributed by atoms with E-state index in [9.17, 15) is 14.4 Å². The molecule has 0 saturated carbocycles. The number of ketones is 1. The summed E-state index contributed by atoms with van der Waals surface area (Å²) in [7, 11) is 1.57. The van der Waals surface area contributed by atoms with Crippen LogP contribution in [-0.4, -0.2) is 43.5 Å². The summed E-state index contributed by atoms with van der Waals surface area (Å²) in [5, 5.41) is 2.88. The van der Waals surface area contributed by atoms with E-state index in [1.54, 1.807) is 42.4 Å². The van der Waals surface area contributed by atoms with Gasteiger partial charge in [0.05, 0.1) is 13.2 Å². The molecule has 2 fully saturated rings. The summed E-state index contributed by atoms with van der Waals surface area (Å²) < 4.78 is 10.7. The van der Waals surface area contributed by atoms with Crippen LogP contribution in [0.2, 0.25) is 0 Å².